The molecule has 3 aromatic carbocycles. The zero-order valence-electron chi connectivity index (χ0n) is 18.0. The Balaban J connectivity index is 1.64. The van der Waals surface area contributed by atoms with Crippen LogP contribution >= 0.6 is 27.5 Å². The molecule has 0 spiro atoms. The number of amides is 2. The van der Waals surface area contributed by atoms with Crippen LogP contribution in [0.15, 0.2) is 70.2 Å². The van der Waals surface area contributed by atoms with Crippen LogP contribution in [-0.4, -0.2) is 24.6 Å². The highest BCUT2D eigenvalue weighted by molar-refractivity contribution is 9.10. The summed E-state index contributed by atoms with van der Waals surface area (Å²) >= 11 is 9.39. The van der Waals surface area contributed by atoms with Crippen molar-refractivity contribution in [1.29, 1.82) is 0 Å². The van der Waals surface area contributed by atoms with Crippen LogP contribution in [0.1, 0.15) is 18.1 Å². The molecule has 3 aromatic rings. The van der Waals surface area contributed by atoms with Crippen LogP contribution in [0.4, 0.5) is 10.1 Å². The van der Waals surface area contributed by atoms with Crippen molar-refractivity contribution in [1.82, 2.24) is 5.43 Å². The number of carbonyl (C=O) groups is 2. The van der Waals surface area contributed by atoms with Crippen molar-refractivity contribution in [2.24, 2.45) is 5.10 Å². The molecule has 0 saturated heterocycles. The number of anilines is 1. The number of hydrogen-bond acceptors (Lipinski definition) is 5. The average molecular weight is 549 g/mol. The van der Waals surface area contributed by atoms with E-state index in [1.54, 1.807) is 24.3 Å². The van der Waals surface area contributed by atoms with Crippen LogP contribution in [0.3, 0.4) is 0 Å². The molecule has 34 heavy (non-hydrogen) atoms. The van der Waals surface area contributed by atoms with Crippen LogP contribution in [0.5, 0.6) is 11.5 Å². The highest BCUT2D eigenvalue weighted by atomic mass is 79.9. The standard InChI is InChI=1S/C24H20BrClFN3O4/c1-2-33-21-12-16(11-20(25)22(21)34-14-15-3-5-17(26)6-4-15)13-28-30-24(32)23(31)29-19-9-7-18(27)8-10-19/h3-13H,2,14H2,1H3,(H,29,31)(H,30,32)/b28-13+. The molecule has 176 valence electrons. The molecule has 0 atom stereocenters. The predicted molar refractivity (Wildman–Crippen MR) is 132 cm³/mol. The fourth-order valence-electron chi connectivity index (χ4n) is 2.74. The lowest BCUT2D eigenvalue weighted by Crippen LogP contribution is -2.32. The number of hydrazone groups is 1. The van der Waals surface area contributed by atoms with Crippen molar-refractivity contribution in [3.8, 4) is 11.5 Å². The van der Waals surface area contributed by atoms with Crippen molar-refractivity contribution in [3.63, 3.8) is 0 Å². The number of nitrogens with zero attached hydrogens (tertiary/aromatic N) is 1. The number of nitrogens with one attached hydrogen (secondary N) is 2. The third-order valence-corrected chi connectivity index (χ3v) is 5.16. The number of ether oxygens (including phenoxy) is 2. The molecule has 0 bridgehead atoms. The average Bonchev–Trinajstić information content (AvgIpc) is 2.81. The summed E-state index contributed by atoms with van der Waals surface area (Å²) in [6, 6.07) is 15.7. The van der Waals surface area contributed by atoms with E-state index >= 15 is 0 Å². The quantitative estimate of drug-likeness (QED) is 0.227. The molecule has 0 aliphatic rings. The summed E-state index contributed by atoms with van der Waals surface area (Å²) in [6.45, 7) is 2.56. The normalized spacial score (nSPS) is 10.7. The molecule has 0 radical (unpaired) electrons. The first-order chi connectivity index (χ1) is 16.4. The second-order valence-electron chi connectivity index (χ2n) is 6.84. The van der Waals surface area contributed by atoms with Crippen LogP contribution in [0.2, 0.25) is 5.02 Å². The maximum absolute atomic E-state index is 12.9. The molecule has 10 heteroatoms. The summed E-state index contributed by atoms with van der Waals surface area (Å²) in [4.78, 5) is 23.9. The molecular formula is C24H20BrClFN3O4. The van der Waals surface area contributed by atoms with Gasteiger partial charge in [-0.3, -0.25) is 9.59 Å². The van der Waals surface area contributed by atoms with Gasteiger partial charge < -0.3 is 14.8 Å². The van der Waals surface area contributed by atoms with Gasteiger partial charge in [-0.2, -0.15) is 5.10 Å². The van der Waals surface area contributed by atoms with E-state index in [0.717, 1.165) is 5.56 Å². The van der Waals surface area contributed by atoms with Crippen molar-refractivity contribution in [2.45, 2.75) is 13.5 Å². The first-order valence-corrected chi connectivity index (χ1v) is 11.3. The van der Waals surface area contributed by atoms with E-state index < -0.39 is 17.6 Å². The summed E-state index contributed by atoms with van der Waals surface area (Å²) in [5.74, 6) is -1.38. The fraction of sp³-hybridized carbons (Fsp3) is 0.125. The first-order valence-electron chi connectivity index (χ1n) is 10.1. The molecule has 2 N–H and O–H groups in total. The number of rotatable bonds is 8. The summed E-state index contributed by atoms with van der Waals surface area (Å²) in [7, 11) is 0. The van der Waals surface area contributed by atoms with Gasteiger partial charge in [0.1, 0.15) is 12.4 Å². The van der Waals surface area contributed by atoms with Crippen molar-refractivity contribution < 1.29 is 23.5 Å². The second kappa shape index (κ2) is 12.2. The lowest BCUT2D eigenvalue weighted by atomic mass is 10.2. The minimum Gasteiger partial charge on any atom is -0.490 e. The maximum atomic E-state index is 12.9. The van der Waals surface area contributed by atoms with Gasteiger partial charge in [-0.1, -0.05) is 23.7 Å². The van der Waals surface area contributed by atoms with E-state index in [2.05, 4.69) is 31.8 Å². The van der Waals surface area contributed by atoms with Gasteiger partial charge in [0.2, 0.25) is 0 Å². The van der Waals surface area contributed by atoms with Gasteiger partial charge in [0.15, 0.2) is 11.5 Å². The maximum Gasteiger partial charge on any atom is 0.329 e. The van der Waals surface area contributed by atoms with Gasteiger partial charge in [-0.25, -0.2) is 9.82 Å². The Labute approximate surface area is 209 Å². The molecule has 0 heterocycles. The van der Waals surface area contributed by atoms with E-state index in [0.29, 0.717) is 39.8 Å². The monoisotopic (exact) mass is 547 g/mol. The van der Waals surface area contributed by atoms with E-state index in [9.17, 15) is 14.0 Å². The van der Waals surface area contributed by atoms with Crippen LogP contribution < -0.4 is 20.2 Å². The number of carbonyl (C=O) groups excluding carboxylic acids is 2. The molecular weight excluding hydrogens is 529 g/mol. The Bertz CT molecular complexity index is 1190. The van der Waals surface area contributed by atoms with Gasteiger partial charge in [-0.05, 0) is 82.5 Å². The topological polar surface area (TPSA) is 89.0 Å². The van der Waals surface area contributed by atoms with Crippen molar-refractivity contribution in [3.05, 3.63) is 87.1 Å². The largest absolute Gasteiger partial charge is 0.490 e. The molecule has 0 fully saturated rings. The van der Waals surface area contributed by atoms with Gasteiger partial charge >= 0.3 is 11.8 Å². The van der Waals surface area contributed by atoms with Gasteiger partial charge in [0.25, 0.3) is 0 Å². The third kappa shape index (κ3) is 7.29. The van der Waals surface area contributed by atoms with Gasteiger partial charge in [0, 0.05) is 10.7 Å². The molecule has 0 aliphatic heterocycles. The number of hydrogen-bond donors (Lipinski definition) is 2. The Morgan fingerprint density at radius 3 is 2.44 bits per heavy atom. The Morgan fingerprint density at radius 2 is 1.76 bits per heavy atom. The zero-order valence-corrected chi connectivity index (χ0v) is 20.3. The minimum absolute atomic E-state index is 0.282. The third-order valence-electron chi connectivity index (χ3n) is 4.32. The molecule has 0 saturated carbocycles. The zero-order chi connectivity index (χ0) is 24.5. The fourth-order valence-corrected chi connectivity index (χ4v) is 3.44. The lowest BCUT2D eigenvalue weighted by molar-refractivity contribution is -0.136. The van der Waals surface area contributed by atoms with E-state index in [1.165, 1.54) is 30.5 Å². The Hall–Kier alpha value is -3.43. The molecule has 7 nitrogen and oxygen atoms in total. The van der Waals surface area contributed by atoms with Crippen LogP contribution in [-0.2, 0) is 16.2 Å². The smallest absolute Gasteiger partial charge is 0.329 e. The Morgan fingerprint density at radius 1 is 1.06 bits per heavy atom. The van der Waals surface area contributed by atoms with Crippen LogP contribution in [0.25, 0.3) is 0 Å². The highest BCUT2D eigenvalue weighted by Crippen LogP contribution is 2.37. The molecule has 2 amide bonds. The van der Waals surface area contributed by atoms with Crippen LogP contribution in [0, 0.1) is 5.82 Å². The summed E-state index contributed by atoms with van der Waals surface area (Å²) in [6.07, 6.45) is 1.36. The molecule has 0 aliphatic carbocycles. The Kier molecular flexibility index (Phi) is 9.00. The van der Waals surface area contributed by atoms with E-state index in [-0.39, 0.29) is 5.69 Å². The lowest BCUT2D eigenvalue weighted by Gasteiger charge is -2.14. The van der Waals surface area contributed by atoms with Gasteiger partial charge in [-0.15, -0.1) is 0 Å². The molecule has 0 unspecified atom stereocenters. The second-order valence-corrected chi connectivity index (χ2v) is 8.13. The van der Waals surface area contributed by atoms with Gasteiger partial charge in [0.05, 0.1) is 17.3 Å². The summed E-state index contributed by atoms with van der Waals surface area (Å²) in [5, 5.41) is 6.81. The van der Waals surface area contributed by atoms with Crippen molar-refractivity contribution >= 4 is 51.2 Å². The number of benzene rings is 3. The van der Waals surface area contributed by atoms with Crippen molar-refractivity contribution in [2.75, 3.05) is 11.9 Å². The predicted octanol–water partition coefficient (Wildman–Crippen LogP) is 5.31. The molecule has 0 aromatic heterocycles. The van der Waals surface area contributed by atoms with E-state index in [1.807, 2.05) is 19.1 Å². The number of halogens is 3. The SMILES string of the molecule is CCOc1cc(/C=N/NC(=O)C(=O)Nc2ccc(F)cc2)cc(Br)c1OCc1ccc(Cl)cc1. The van der Waals surface area contributed by atoms with E-state index in [4.69, 9.17) is 21.1 Å². The first kappa shape index (κ1) is 25.2. The highest BCUT2D eigenvalue weighted by Gasteiger charge is 2.14. The minimum atomic E-state index is -0.979. The summed E-state index contributed by atoms with van der Waals surface area (Å²) in [5.41, 5.74) is 3.96. The molecule has 3 rings (SSSR count). The summed E-state index contributed by atoms with van der Waals surface area (Å²) < 4.78 is 25.2.